The molecule has 0 saturated heterocycles. The molecule has 0 aliphatic heterocycles. The zero-order valence-corrected chi connectivity index (χ0v) is 10.1. The van der Waals surface area contributed by atoms with Crippen LogP contribution in [0.3, 0.4) is 0 Å². The molecule has 1 atom stereocenters. The molecule has 0 aliphatic carbocycles. The molecule has 0 spiro atoms. The third-order valence-corrected chi connectivity index (χ3v) is 2.36. The molecule has 0 amide bonds. The fourth-order valence-corrected chi connectivity index (χ4v) is 1.72. The summed E-state index contributed by atoms with van der Waals surface area (Å²) in [4.78, 5) is 10.7. The molecule has 0 aromatic heterocycles. The normalized spacial score (nSPS) is 13.1. The van der Waals surface area contributed by atoms with E-state index in [2.05, 4.69) is 20.8 Å². The summed E-state index contributed by atoms with van der Waals surface area (Å²) in [5.41, 5.74) is 5.49. The molecule has 0 aromatic rings. The number of hydrogen-bond donors (Lipinski definition) is 2. The van der Waals surface area contributed by atoms with Crippen LogP contribution in [0.25, 0.3) is 0 Å². The van der Waals surface area contributed by atoms with E-state index in [1.54, 1.807) is 0 Å². The summed E-state index contributed by atoms with van der Waals surface area (Å²) in [6.45, 7) is 6.55. The molecule has 0 saturated carbocycles. The second-order valence-electron chi connectivity index (χ2n) is 4.39. The van der Waals surface area contributed by atoms with Crippen LogP contribution in [0.2, 0.25) is 0 Å². The SMILES string of the molecule is CCCC(C)(C)CC(CN)C(=O)O.Cl. The maximum atomic E-state index is 10.7. The largest absolute Gasteiger partial charge is 0.481 e. The van der Waals surface area contributed by atoms with Gasteiger partial charge in [0.25, 0.3) is 0 Å². The molecule has 0 bridgehead atoms. The Morgan fingerprint density at radius 2 is 2.00 bits per heavy atom. The molecule has 1 unspecified atom stereocenters. The van der Waals surface area contributed by atoms with E-state index in [1.165, 1.54) is 0 Å². The first-order valence-electron chi connectivity index (χ1n) is 4.86. The van der Waals surface area contributed by atoms with Gasteiger partial charge in [0, 0.05) is 6.54 Å². The highest BCUT2D eigenvalue weighted by molar-refractivity contribution is 5.85. The number of carboxylic acids is 1. The molecule has 4 heteroatoms. The second kappa shape index (κ2) is 7.07. The average molecular weight is 224 g/mol. The van der Waals surface area contributed by atoms with E-state index in [1.807, 2.05) is 0 Å². The Hall–Kier alpha value is -0.280. The highest BCUT2D eigenvalue weighted by atomic mass is 35.5. The van der Waals surface area contributed by atoms with E-state index in [4.69, 9.17) is 10.8 Å². The molecule has 0 rings (SSSR count). The van der Waals surface area contributed by atoms with Gasteiger partial charge < -0.3 is 10.8 Å². The van der Waals surface area contributed by atoms with Crippen LogP contribution in [0.5, 0.6) is 0 Å². The molecule has 14 heavy (non-hydrogen) atoms. The summed E-state index contributed by atoms with van der Waals surface area (Å²) < 4.78 is 0. The fourth-order valence-electron chi connectivity index (χ4n) is 1.72. The predicted octanol–water partition coefficient (Wildman–Crippen LogP) is 2.28. The van der Waals surface area contributed by atoms with Crippen molar-refractivity contribution in [1.82, 2.24) is 0 Å². The summed E-state index contributed by atoms with van der Waals surface area (Å²) in [5.74, 6) is -1.16. The third kappa shape index (κ3) is 6.22. The van der Waals surface area contributed by atoms with Gasteiger partial charge in [-0.3, -0.25) is 4.79 Å². The molecule has 86 valence electrons. The Labute approximate surface area is 92.5 Å². The van der Waals surface area contributed by atoms with Gasteiger partial charge in [-0.2, -0.15) is 0 Å². The number of aliphatic carboxylic acids is 1. The van der Waals surface area contributed by atoms with Crippen molar-refractivity contribution in [2.75, 3.05) is 6.54 Å². The lowest BCUT2D eigenvalue weighted by molar-refractivity contribution is -0.142. The first-order valence-corrected chi connectivity index (χ1v) is 4.86. The minimum atomic E-state index is -0.772. The van der Waals surface area contributed by atoms with E-state index in [9.17, 15) is 4.79 Å². The van der Waals surface area contributed by atoms with Crippen molar-refractivity contribution < 1.29 is 9.90 Å². The third-order valence-electron chi connectivity index (χ3n) is 2.36. The van der Waals surface area contributed by atoms with E-state index in [0.717, 1.165) is 12.8 Å². The van der Waals surface area contributed by atoms with Gasteiger partial charge in [-0.1, -0.05) is 27.2 Å². The van der Waals surface area contributed by atoms with Crippen molar-refractivity contribution in [2.45, 2.75) is 40.0 Å². The number of hydrogen-bond acceptors (Lipinski definition) is 2. The van der Waals surface area contributed by atoms with Crippen LogP contribution in [0.4, 0.5) is 0 Å². The minimum Gasteiger partial charge on any atom is -0.481 e. The van der Waals surface area contributed by atoms with Gasteiger partial charge in [0.1, 0.15) is 0 Å². The lowest BCUT2D eigenvalue weighted by Gasteiger charge is -2.26. The Morgan fingerprint density at radius 3 is 2.29 bits per heavy atom. The van der Waals surface area contributed by atoms with Crippen LogP contribution >= 0.6 is 12.4 Å². The Morgan fingerprint density at radius 1 is 1.50 bits per heavy atom. The van der Waals surface area contributed by atoms with Crippen molar-refractivity contribution in [3.8, 4) is 0 Å². The topological polar surface area (TPSA) is 63.3 Å². The van der Waals surface area contributed by atoms with E-state index >= 15 is 0 Å². The van der Waals surface area contributed by atoms with Gasteiger partial charge in [-0.25, -0.2) is 0 Å². The first-order chi connectivity index (χ1) is 5.93. The molecule has 0 aliphatic rings. The maximum Gasteiger partial charge on any atom is 0.307 e. The van der Waals surface area contributed by atoms with Crippen LogP contribution in [-0.2, 0) is 4.79 Å². The number of carboxylic acid groups (broad SMARTS) is 1. The van der Waals surface area contributed by atoms with Crippen molar-refractivity contribution in [3.05, 3.63) is 0 Å². The van der Waals surface area contributed by atoms with E-state index < -0.39 is 5.97 Å². The van der Waals surface area contributed by atoms with Gasteiger partial charge in [0.05, 0.1) is 5.92 Å². The standard InChI is InChI=1S/C10H21NO2.ClH/c1-4-5-10(2,3)6-8(7-11)9(12)13;/h8H,4-7,11H2,1-3H3,(H,12,13);1H. The Balaban J connectivity index is 0. The Kier molecular flexibility index (Phi) is 8.16. The average Bonchev–Trinajstić information content (AvgIpc) is 1.99. The fraction of sp³-hybridized carbons (Fsp3) is 0.900. The molecule has 3 nitrogen and oxygen atoms in total. The lowest BCUT2D eigenvalue weighted by Crippen LogP contribution is -2.29. The smallest absolute Gasteiger partial charge is 0.307 e. The van der Waals surface area contributed by atoms with Crippen LogP contribution in [0.1, 0.15) is 40.0 Å². The predicted molar refractivity (Wildman–Crippen MR) is 60.7 cm³/mol. The second-order valence-corrected chi connectivity index (χ2v) is 4.39. The molecule has 0 radical (unpaired) electrons. The highest BCUT2D eigenvalue weighted by Crippen LogP contribution is 2.30. The van der Waals surface area contributed by atoms with Crippen molar-refractivity contribution in [2.24, 2.45) is 17.1 Å². The molecular formula is C10H22ClNO2. The summed E-state index contributed by atoms with van der Waals surface area (Å²) in [5, 5.41) is 8.82. The number of rotatable bonds is 6. The van der Waals surface area contributed by atoms with Crippen LogP contribution < -0.4 is 5.73 Å². The molecule has 3 N–H and O–H groups in total. The van der Waals surface area contributed by atoms with Crippen LogP contribution in [0.15, 0.2) is 0 Å². The van der Waals surface area contributed by atoms with Gasteiger partial charge in [0.15, 0.2) is 0 Å². The van der Waals surface area contributed by atoms with Gasteiger partial charge in [-0.15, -0.1) is 12.4 Å². The Bertz CT molecular complexity index is 172. The zero-order chi connectivity index (χ0) is 10.5. The van der Waals surface area contributed by atoms with Crippen molar-refractivity contribution in [1.29, 1.82) is 0 Å². The van der Waals surface area contributed by atoms with Crippen molar-refractivity contribution >= 4 is 18.4 Å². The first kappa shape index (κ1) is 16.2. The lowest BCUT2D eigenvalue weighted by atomic mass is 9.79. The highest BCUT2D eigenvalue weighted by Gasteiger charge is 2.25. The molecule has 0 heterocycles. The summed E-state index contributed by atoms with van der Waals surface area (Å²) >= 11 is 0. The summed E-state index contributed by atoms with van der Waals surface area (Å²) in [6.07, 6.45) is 2.81. The zero-order valence-electron chi connectivity index (χ0n) is 9.25. The molecular weight excluding hydrogens is 202 g/mol. The minimum absolute atomic E-state index is 0. The van der Waals surface area contributed by atoms with Crippen LogP contribution in [-0.4, -0.2) is 17.6 Å². The quantitative estimate of drug-likeness (QED) is 0.726. The monoisotopic (exact) mass is 223 g/mol. The number of carbonyl (C=O) groups is 1. The summed E-state index contributed by atoms with van der Waals surface area (Å²) in [7, 11) is 0. The van der Waals surface area contributed by atoms with E-state index in [0.29, 0.717) is 6.42 Å². The van der Waals surface area contributed by atoms with Gasteiger partial charge >= 0.3 is 5.97 Å². The van der Waals surface area contributed by atoms with Crippen molar-refractivity contribution in [3.63, 3.8) is 0 Å². The number of halogens is 1. The maximum absolute atomic E-state index is 10.7. The number of nitrogens with two attached hydrogens (primary N) is 1. The molecule has 0 aromatic carbocycles. The van der Waals surface area contributed by atoms with Crippen LogP contribution in [0, 0.1) is 11.3 Å². The summed E-state index contributed by atoms with van der Waals surface area (Å²) in [6, 6.07) is 0. The van der Waals surface area contributed by atoms with Gasteiger partial charge in [-0.05, 0) is 18.3 Å². The van der Waals surface area contributed by atoms with Gasteiger partial charge in [0.2, 0.25) is 0 Å². The van der Waals surface area contributed by atoms with E-state index in [-0.39, 0.29) is 30.3 Å². The molecule has 0 fully saturated rings.